The van der Waals surface area contributed by atoms with Gasteiger partial charge in [-0.3, -0.25) is 4.79 Å². The maximum absolute atomic E-state index is 12.0. The molecule has 1 aliphatic rings. The van der Waals surface area contributed by atoms with Crippen molar-refractivity contribution in [1.82, 2.24) is 10.3 Å². The number of amides is 1. The van der Waals surface area contributed by atoms with E-state index in [9.17, 15) is 4.79 Å². The van der Waals surface area contributed by atoms with E-state index in [-0.39, 0.29) is 5.91 Å². The Morgan fingerprint density at radius 2 is 2.00 bits per heavy atom. The van der Waals surface area contributed by atoms with Crippen molar-refractivity contribution < 1.29 is 4.79 Å². The third-order valence-corrected chi connectivity index (χ3v) is 4.87. The first kappa shape index (κ1) is 15.2. The molecular weight excluding hydrogens is 294 g/mol. The number of anilines is 1. The van der Waals surface area contributed by atoms with Crippen molar-refractivity contribution in [2.75, 3.05) is 11.9 Å². The Balaban J connectivity index is 1.40. The Hall–Kier alpha value is -1.72. The predicted molar refractivity (Wildman–Crippen MR) is 90.2 cm³/mol. The third kappa shape index (κ3) is 4.15. The number of carbonyl (C=O) groups excluding carboxylic acids is 1. The van der Waals surface area contributed by atoms with Crippen LogP contribution in [-0.2, 0) is 24.2 Å². The molecule has 1 amide bonds. The van der Waals surface area contributed by atoms with E-state index in [1.54, 1.807) is 11.3 Å². The summed E-state index contributed by atoms with van der Waals surface area (Å²) in [5.41, 5.74) is 2.42. The zero-order valence-electron chi connectivity index (χ0n) is 12.6. The maximum Gasteiger partial charge on any atom is 0.227 e. The van der Waals surface area contributed by atoms with E-state index >= 15 is 0 Å². The Bertz CT molecular complexity index is 601. The summed E-state index contributed by atoms with van der Waals surface area (Å²) in [4.78, 5) is 17.8. The normalized spacial score (nSPS) is 13.6. The minimum absolute atomic E-state index is 0.0339. The van der Waals surface area contributed by atoms with E-state index in [4.69, 9.17) is 0 Å². The van der Waals surface area contributed by atoms with E-state index in [2.05, 4.69) is 27.8 Å². The number of nitrogens with one attached hydrogen (secondary N) is 2. The summed E-state index contributed by atoms with van der Waals surface area (Å²) in [5, 5.41) is 6.98. The lowest BCUT2D eigenvalue weighted by Gasteiger charge is -2.06. The molecule has 0 saturated heterocycles. The molecule has 0 aliphatic heterocycles. The first-order valence-electron chi connectivity index (χ1n) is 7.84. The number of hydrogen-bond donors (Lipinski definition) is 2. The molecule has 1 aliphatic carbocycles. The highest BCUT2D eigenvalue weighted by Gasteiger charge is 2.16. The Morgan fingerprint density at radius 3 is 2.82 bits per heavy atom. The minimum atomic E-state index is 0.0339. The van der Waals surface area contributed by atoms with E-state index in [0.29, 0.717) is 13.0 Å². The van der Waals surface area contributed by atoms with Gasteiger partial charge in [-0.1, -0.05) is 30.3 Å². The van der Waals surface area contributed by atoms with E-state index in [1.165, 1.54) is 29.0 Å². The predicted octanol–water partition coefficient (Wildman–Crippen LogP) is 3.14. The number of hydrogen-bond acceptors (Lipinski definition) is 4. The van der Waals surface area contributed by atoms with Gasteiger partial charge < -0.3 is 10.6 Å². The molecule has 5 heteroatoms. The molecule has 1 aromatic carbocycles. The molecule has 3 rings (SSSR count). The largest absolute Gasteiger partial charge is 0.312 e. The average Bonchev–Trinajstić information content (AvgIpc) is 2.94. The van der Waals surface area contributed by atoms with Crippen LogP contribution in [0.1, 0.15) is 35.4 Å². The highest BCUT2D eigenvalue weighted by molar-refractivity contribution is 7.15. The van der Waals surface area contributed by atoms with Crippen molar-refractivity contribution in [3.8, 4) is 0 Å². The summed E-state index contributed by atoms with van der Waals surface area (Å²) in [6.45, 7) is 1.46. The summed E-state index contributed by atoms with van der Waals surface area (Å²) in [6.07, 6.45) is 5.10. The Kier molecular flexibility index (Phi) is 5.19. The second kappa shape index (κ2) is 7.51. The number of fused-ring (bicyclic) bond motifs is 1. The monoisotopic (exact) mass is 315 g/mol. The van der Waals surface area contributed by atoms with Crippen molar-refractivity contribution in [3.05, 3.63) is 46.5 Å². The second-order valence-corrected chi connectivity index (χ2v) is 6.64. The van der Waals surface area contributed by atoms with Crippen molar-refractivity contribution >= 4 is 22.4 Å². The molecule has 0 bridgehead atoms. The third-order valence-electron chi connectivity index (χ3n) is 3.79. The zero-order valence-corrected chi connectivity index (χ0v) is 13.4. The lowest BCUT2D eigenvalue weighted by atomic mass is 10.0. The molecule has 0 spiro atoms. The van der Waals surface area contributed by atoms with Crippen LogP contribution in [0.2, 0.25) is 0 Å². The fourth-order valence-electron chi connectivity index (χ4n) is 2.62. The molecule has 4 nitrogen and oxygen atoms in total. The molecule has 2 N–H and O–H groups in total. The Morgan fingerprint density at radius 1 is 1.18 bits per heavy atom. The van der Waals surface area contributed by atoms with Gasteiger partial charge in [0.25, 0.3) is 0 Å². The van der Waals surface area contributed by atoms with Gasteiger partial charge in [0.2, 0.25) is 5.91 Å². The number of carbonyl (C=O) groups is 1. The van der Waals surface area contributed by atoms with Crippen molar-refractivity contribution in [3.63, 3.8) is 0 Å². The summed E-state index contributed by atoms with van der Waals surface area (Å²) in [7, 11) is 0. The van der Waals surface area contributed by atoms with Crippen LogP contribution in [0.5, 0.6) is 0 Å². The van der Waals surface area contributed by atoms with Gasteiger partial charge in [0, 0.05) is 24.4 Å². The van der Waals surface area contributed by atoms with E-state index in [0.717, 1.165) is 24.5 Å². The molecule has 22 heavy (non-hydrogen) atoms. The molecule has 0 unspecified atom stereocenters. The van der Waals surface area contributed by atoms with Crippen LogP contribution in [0.3, 0.4) is 0 Å². The molecule has 116 valence electrons. The summed E-state index contributed by atoms with van der Waals surface area (Å²) < 4.78 is 0. The van der Waals surface area contributed by atoms with Gasteiger partial charge in [-0.25, -0.2) is 4.98 Å². The zero-order chi connectivity index (χ0) is 15.2. The van der Waals surface area contributed by atoms with Gasteiger partial charge >= 0.3 is 0 Å². The van der Waals surface area contributed by atoms with Crippen LogP contribution in [0.4, 0.5) is 5.13 Å². The number of aryl methyl sites for hydroxylation is 2. The summed E-state index contributed by atoms with van der Waals surface area (Å²) in [5.74, 6) is 0.0339. The van der Waals surface area contributed by atoms with Gasteiger partial charge in [0.05, 0.1) is 5.69 Å². The van der Waals surface area contributed by atoms with E-state index in [1.807, 2.05) is 18.2 Å². The van der Waals surface area contributed by atoms with Crippen LogP contribution < -0.4 is 10.6 Å². The van der Waals surface area contributed by atoms with Gasteiger partial charge in [-0.05, 0) is 31.2 Å². The van der Waals surface area contributed by atoms with Crippen molar-refractivity contribution in [2.24, 2.45) is 0 Å². The smallest absolute Gasteiger partial charge is 0.227 e. The molecule has 1 heterocycles. The highest BCUT2D eigenvalue weighted by atomic mass is 32.1. The number of thiazole rings is 1. The molecule has 0 atom stereocenters. The molecule has 0 radical (unpaired) electrons. The molecule has 2 aromatic rings. The lowest BCUT2D eigenvalue weighted by molar-refractivity contribution is -0.116. The van der Waals surface area contributed by atoms with Crippen molar-refractivity contribution in [1.29, 1.82) is 0 Å². The fraction of sp³-hybridized carbons (Fsp3) is 0.412. The maximum atomic E-state index is 12.0. The topological polar surface area (TPSA) is 54.0 Å². The highest BCUT2D eigenvalue weighted by Crippen LogP contribution is 2.29. The van der Waals surface area contributed by atoms with Gasteiger partial charge in [-0.2, -0.15) is 0 Å². The lowest BCUT2D eigenvalue weighted by Crippen LogP contribution is -2.21. The minimum Gasteiger partial charge on any atom is -0.312 e. The first-order chi connectivity index (χ1) is 10.8. The quantitative estimate of drug-likeness (QED) is 0.805. The summed E-state index contributed by atoms with van der Waals surface area (Å²) >= 11 is 1.64. The second-order valence-electron chi connectivity index (χ2n) is 5.56. The number of rotatable bonds is 6. The summed E-state index contributed by atoms with van der Waals surface area (Å²) in [6, 6.07) is 10.2. The number of aromatic nitrogens is 1. The molecule has 1 aromatic heterocycles. The average molecular weight is 315 g/mol. The van der Waals surface area contributed by atoms with Gasteiger partial charge in [-0.15, -0.1) is 11.3 Å². The van der Waals surface area contributed by atoms with Crippen LogP contribution in [-0.4, -0.2) is 17.4 Å². The van der Waals surface area contributed by atoms with Crippen molar-refractivity contribution in [2.45, 2.75) is 38.6 Å². The number of benzene rings is 1. The molecule has 0 fully saturated rings. The van der Waals surface area contributed by atoms with Crippen LogP contribution in [0, 0.1) is 0 Å². The Labute approximate surface area is 135 Å². The molecule has 0 saturated carbocycles. The number of nitrogens with zero attached hydrogens (tertiary/aromatic N) is 1. The van der Waals surface area contributed by atoms with Gasteiger partial charge in [0.1, 0.15) is 0 Å². The molecular formula is C17H21N3OS. The SMILES string of the molecule is O=C(CCNCc1ccccc1)Nc1nc2c(s1)CCCC2. The van der Waals surface area contributed by atoms with Crippen LogP contribution >= 0.6 is 11.3 Å². The van der Waals surface area contributed by atoms with E-state index < -0.39 is 0 Å². The van der Waals surface area contributed by atoms with Gasteiger partial charge in [0.15, 0.2) is 5.13 Å². The first-order valence-corrected chi connectivity index (χ1v) is 8.66. The van der Waals surface area contributed by atoms with Crippen LogP contribution in [0.15, 0.2) is 30.3 Å². The fourth-order valence-corrected chi connectivity index (χ4v) is 3.68. The standard InChI is InChI=1S/C17H21N3OS/c21-16(10-11-18-12-13-6-2-1-3-7-13)20-17-19-14-8-4-5-9-15(14)22-17/h1-3,6-7,18H,4-5,8-12H2,(H,19,20,21). The van der Waals surface area contributed by atoms with Crippen LogP contribution in [0.25, 0.3) is 0 Å².